The Morgan fingerprint density at radius 2 is 1.72 bits per heavy atom. The molecule has 1 fully saturated rings. The highest BCUT2D eigenvalue weighted by Gasteiger charge is 2.25. The molecule has 13 heteroatoms. The van der Waals surface area contributed by atoms with Gasteiger partial charge in [-0.05, 0) is 61.7 Å². The van der Waals surface area contributed by atoms with Crippen LogP contribution in [0, 0.1) is 13.8 Å². The largest absolute Gasteiger partial charge is 0.496 e. The van der Waals surface area contributed by atoms with Gasteiger partial charge in [0.2, 0.25) is 5.91 Å². The quantitative estimate of drug-likeness (QED) is 0.179. The van der Waals surface area contributed by atoms with Gasteiger partial charge < -0.3 is 14.8 Å². The minimum Gasteiger partial charge on any atom is -0.496 e. The van der Waals surface area contributed by atoms with E-state index in [1.54, 1.807) is 22.9 Å². The van der Waals surface area contributed by atoms with Crippen LogP contribution in [0.4, 0.5) is 21.4 Å². The van der Waals surface area contributed by atoms with Crippen molar-refractivity contribution in [2.45, 2.75) is 52.9 Å². The van der Waals surface area contributed by atoms with Crippen molar-refractivity contribution in [1.29, 1.82) is 0 Å². The van der Waals surface area contributed by atoms with Crippen LogP contribution in [0.15, 0.2) is 61.1 Å². The molecule has 47 heavy (non-hydrogen) atoms. The van der Waals surface area contributed by atoms with Gasteiger partial charge in [-0.3, -0.25) is 15.0 Å². The van der Waals surface area contributed by atoms with E-state index in [1.165, 1.54) is 23.7 Å². The minimum absolute atomic E-state index is 0.119. The summed E-state index contributed by atoms with van der Waals surface area (Å²) in [6.45, 7) is 10.9. The molecule has 0 aliphatic carbocycles. The van der Waals surface area contributed by atoms with E-state index in [2.05, 4.69) is 46.4 Å². The molecule has 0 saturated carbocycles. The average molecular weight is 653 g/mol. The Labute approximate surface area is 276 Å². The van der Waals surface area contributed by atoms with Crippen LogP contribution in [0.25, 0.3) is 16.1 Å². The van der Waals surface area contributed by atoms with E-state index < -0.39 is 6.03 Å². The van der Waals surface area contributed by atoms with Crippen molar-refractivity contribution >= 4 is 39.9 Å². The number of nitrogens with zero attached hydrogens (tertiary/aromatic N) is 6. The van der Waals surface area contributed by atoms with Crippen LogP contribution in [0.3, 0.4) is 0 Å². The first-order valence-electron chi connectivity index (χ1n) is 15.2. The number of carbonyl (C=O) groups excluding carboxylic acids is 2. The fraction of sp³-hybridized carbons (Fsp3) is 0.294. The number of benzene rings is 2. The monoisotopic (exact) mass is 652 g/mol. The summed E-state index contributed by atoms with van der Waals surface area (Å²) < 4.78 is 13.2. The van der Waals surface area contributed by atoms with Crippen molar-refractivity contribution in [3.63, 3.8) is 0 Å². The number of ether oxygens (including phenoxy) is 2. The second-order valence-corrected chi connectivity index (χ2v) is 13.3. The van der Waals surface area contributed by atoms with Crippen LogP contribution in [0.2, 0.25) is 0 Å². The molecule has 0 radical (unpaired) electrons. The molecular weight excluding hydrogens is 616 g/mol. The summed E-state index contributed by atoms with van der Waals surface area (Å²) in [7, 11) is 1.64. The lowest BCUT2D eigenvalue weighted by Crippen LogP contribution is -2.23. The molecule has 0 spiro atoms. The third-order valence-electron chi connectivity index (χ3n) is 7.76. The van der Waals surface area contributed by atoms with Crippen molar-refractivity contribution < 1.29 is 19.1 Å². The van der Waals surface area contributed by atoms with Crippen molar-refractivity contribution in [3.05, 3.63) is 77.9 Å². The van der Waals surface area contributed by atoms with E-state index in [9.17, 15) is 9.59 Å². The number of nitrogens with one attached hydrogen (secondary N) is 2. The summed E-state index contributed by atoms with van der Waals surface area (Å²) in [5.74, 6) is 1.95. The van der Waals surface area contributed by atoms with Gasteiger partial charge in [0.15, 0.2) is 5.13 Å². The van der Waals surface area contributed by atoms with Gasteiger partial charge in [0.1, 0.15) is 17.3 Å². The van der Waals surface area contributed by atoms with Crippen LogP contribution in [0.5, 0.6) is 17.5 Å². The van der Waals surface area contributed by atoms with Crippen LogP contribution in [-0.2, 0) is 10.2 Å². The lowest BCUT2D eigenvalue weighted by Gasteiger charge is -2.16. The van der Waals surface area contributed by atoms with Crippen molar-refractivity contribution in [2.75, 3.05) is 29.2 Å². The first-order valence-corrected chi connectivity index (χ1v) is 16.0. The fourth-order valence-electron chi connectivity index (χ4n) is 5.26. The van der Waals surface area contributed by atoms with Gasteiger partial charge >= 0.3 is 12.0 Å². The zero-order valence-electron chi connectivity index (χ0n) is 27.1. The normalized spacial score (nSPS) is 13.1. The molecule has 6 rings (SSSR count). The smallest absolute Gasteiger partial charge is 0.324 e. The van der Waals surface area contributed by atoms with Crippen LogP contribution in [-0.4, -0.2) is 50.3 Å². The maximum absolute atomic E-state index is 13.1. The van der Waals surface area contributed by atoms with E-state index >= 15 is 0 Å². The topological polar surface area (TPSA) is 136 Å². The lowest BCUT2D eigenvalue weighted by atomic mass is 9.92. The average Bonchev–Trinajstić information content (AvgIpc) is 3.79. The van der Waals surface area contributed by atoms with Gasteiger partial charge in [-0.2, -0.15) is 5.10 Å². The fourth-order valence-corrected chi connectivity index (χ4v) is 6.22. The standard InChI is InChI=1S/C34H36N8O4S/c1-20-9-14-25(21(2)30(20)45-6)42-28(16-27(40-42)34(3,4)5)39-31(44)38-23-17-35-32(36-18-23)46-24-12-10-22(11-13-24)26-19-37-33(47-26)41-15-7-8-29(41)43/h9-14,16-19H,7-8,15H2,1-6H3,(H2,38,39,44). The zero-order valence-corrected chi connectivity index (χ0v) is 27.9. The highest BCUT2D eigenvalue weighted by atomic mass is 32.1. The number of aromatic nitrogens is 5. The maximum Gasteiger partial charge on any atom is 0.324 e. The molecule has 0 unspecified atom stereocenters. The summed E-state index contributed by atoms with van der Waals surface area (Å²) in [5.41, 5.74) is 4.64. The van der Waals surface area contributed by atoms with Crippen LogP contribution < -0.4 is 25.0 Å². The van der Waals surface area contributed by atoms with E-state index in [1.807, 2.05) is 56.3 Å². The molecule has 3 aromatic heterocycles. The number of thiazole rings is 1. The molecular formula is C34H36N8O4S. The van der Waals surface area contributed by atoms with Gasteiger partial charge in [0.25, 0.3) is 0 Å². The number of hydrogen-bond acceptors (Lipinski definition) is 9. The summed E-state index contributed by atoms with van der Waals surface area (Å²) in [6.07, 6.45) is 6.16. The molecule has 2 N–H and O–H groups in total. The number of carbonyl (C=O) groups is 2. The number of hydrogen-bond donors (Lipinski definition) is 2. The molecule has 0 atom stereocenters. The molecule has 0 bridgehead atoms. The summed E-state index contributed by atoms with van der Waals surface area (Å²) in [6, 6.07) is 12.9. The molecule has 1 aliphatic heterocycles. The lowest BCUT2D eigenvalue weighted by molar-refractivity contribution is -0.117. The number of methoxy groups -OCH3 is 1. The van der Waals surface area contributed by atoms with Gasteiger partial charge in [0.05, 0.1) is 41.4 Å². The van der Waals surface area contributed by atoms with E-state index in [4.69, 9.17) is 14.6 Å². The van der Waals surface area contributed by atoms with Gasteiger partial charge in [0, 0.05) is 36.2 Å². The molecule has 2 aromatic carbocycles. The van der Waals surface area contributed by atoms with Crippen LogP contribution >= 0.6 is 11.3 Å². The molecule has 12 nitrogen and oxygen atoms in total. The maximum atomic E-state index is 13.1. The Morgan fingerprint density at radius 3 is 2.38 bits per heavy atom. The summed E-state index contributed by atoms with van der Waals surface area (Å²) in [5, 5.41) is 11.3. The van der Waals surface area contributed by atoms with Gasteiger partial charge in [-0.15, -0.1) is 0 Å². The zero-order chi connectivity index (χ0) is 33.3. The molecule has 3 amide bonds. The van der Waals surface area contributed by atoms with Crippen molar-refractivity contribution in [3.8, 4) is 33.6 Å². The Bertz CT molecular complexity index is 1930. The van der Waals surface area contributed by atoms with Gasteiger partial charge in [-0.1, -0.05) is 38.2 Å². The van der Waals surface area contributed by atoms with Crippen molar-refractivity contribution in [1.82, 2.24) is 24.7 Å². The second-order valence-electron chi connectivity index (χ2n) is 12.3. The second kappa shape index (κ2) is 12.8. The van der Waals surface area contributed by atoms with Crippen molar-refractivity contribution in [2.24, 2.45) is 0 Å². The minimum atomic E-state index is -0.475. The predicted molar refractivity (Wildman–Crippen MR) is 182 cm³/mol. The third-order valence-corrected chi connectivity index (χ3v) is 8.83. The molecule has 5 aromatic rings. The van der Waals surface area contributed by atoms with Gasteiger partial charge in [-0.25, -0.2) is 24.4 Å². The first kappa shape index (κ1) is 31.7. The molecule has 242 valence electrons. The number of urea groups is 1. The van der Waals surface area contributed by atoms with E-state index in [0.717, 1.165) is 50.3 Å². The number of rotatable bonds is 8. The molecule has 4 heterocycles. The Hall–Kier alpha value is -5.30. The highest BCUT2D eigenvalue weighted by Crippen LogP contribution is 2.35. The SMILES string of the molecule is COc1c(C)ccc(-n2nc(C(C)(C)C)cc2NC(=O)Nc2cnc(Oc3ccc(-c4cnc(N5CCCC5=O)s4)cc3)nc2)c1C. The first-order chi connectivity index (χ1) is 22.5. The Kier molecular flexibility index (Phi) is 8.65. The van der Waals surface area contributed by atoms with E-state index in [0.29, 0.717) is 30.2 Å². The summed E-state index contributed by atoms with van der Waals surface area (Å²) in [4.78, 5) is 40.8. The van der Waals surface area contributed by atoms with E-state index in [-0.39, 0.29) is 17.3 Å². The Balaban J connectivity index is 1.11. The third kappa shape index (κ3) is 6.80. The molecule has 1 aliphatic rings. The number of amides is 3. The predicted octanol–water partition coefficient (Wildman–Crippen LogP) is 7.27. The molecule has 1 saturated heterocycles. The van der Waals surface area contributed by atoms with Crippen LogP contribution in [0.1, 0.15) is 50.4 Å². The number of anilines is 3. The number of aryl methyl sites for hydroxylation is 1. The Morgan fingerprint density at radius 1 is 0.979 bits per heavy atom. The summed E-state index contributed by atoms with van der Waals surface area (Å²) >= 11 is 1.49. The highest BCUT2D eigenvalue weighted by molar-refractivity contribution is 7.19.